The van der Waals surface area contributed by atoms with E-state index in [1.54, 1.807) is 23.1 Å². The average Bonchev–Trinajstić information content (AvgIpc) is 3.39. The first kappa shape index (κ1) is 26.9. The molecule has 1 amide bonds. The zero-order valence-corrected chi connectivity index (χ0v) is 23.5. The van der Waals surface area contributed by atoms with Crippen LogP contribution in [0, 0.1) is 5.82 Å². The standard InChI is InChI=1S/C27H26BrClFN3O4S/c28-20-14-19(15-21(30)17-20)24-6-3-9-33(24)27(34)18-7-8-22(29)26(16-18)38(35,36)31-23-4-1-2-5-25(23)32-10-12-37-13-11-32/h1-2,4-5,7-8,14-17,24,31H,3,6,9-13H2. The van der Waals surface area contributed by atoms with Crippen LogP contribution in [0.3, 0.4) is 0 Å². The molecule has 2 aliphatic rings. The fourth-order valence-electron chi connectivity index (χ4n) is 4.97. The molecule has 1 N–H and O–H groups in total. The molecule has 7 nitrogen and oxygen atoms in total. The van der Waals surface area contributed by atoms with Gasteiger partial charge in [-0.15, -0.1) is 0 Å². The number of likely N-dealkylation sites (tertiary alicyclic amines) is 1. The maximum atomic E-state index is 14.1. The van der Waals surface area contributed by atoms with Crippen molar-refractivity contribution in [3.05, 3.63) is 87.1 Å². The minimum atomic E-state index is -4.13. The molecule has 0 radical (unpaired) electrons. The zero-order valence-electron chi connectivity index (χ0n) is 20.4. The third kappa shape index (κ3) is 5.68. The van der Waals surface area contributed by atoms with Gasteiger partial charge in [0.25, 0.3) is 15.9 Å². The van der Waals surface area contributed by atoms with E-state index in [4.69, 9.17) is 16.3 Å². The molecule has 1 atom stereocenters. The Hall–Kier alpha value is -2.66. The van der Waals surface area contributed by atoms with Gasteiger partial charge in [0.2, 0.25) is 0 Å². The molecule has 3 aromatic carbocycles. The van der Waals surface area contributed by atoms with Crippen LogP contribution in [0.4, 0.5) is 15.8 Å². The number of nitrogens with one attached hydrogen (secondary N) is 1. The van der Waals surface area contributed by atoms with Crippen molar-refractivity contribution in [1.29, 1.82) is 0 Å². The van der Waals surface area contributed by atoms with Crippen molar-refractivity contribution in [2.24, 2.45) is 0 Å². The Bertz CT molecular complexity index is 1450. The quantitative estimate of drug-likeness (QED) is 0.373. The highest BCUT2D eigenvalue weighted by Crippen LogP contribution is 2.36. The number of halogens is 3. The summed E-state index contributed by atoms with van der Waals surface area (Å²) in [7, 11) is -4.13. The number of hydrogen-bond acceptors (Lipinski definition) is 5. The summed E-state index contributed by atoms with van der Waals surface area (Å²) in [4.78, 5) is 17.1. The van der Waals surface area contributed by atoms with Gasteiger partial charge in [0.15, 0.2) is 0 Å². The van der Waals surface area contributed by atoms with Crippen LogP contribution in [0.2, 0.25) is 5.02 Å². The van der Waals surface area contributed by atoms with Crippen molar-refractivity contribution in [2.75, 3.05) is 42.5 Å². The van der Waals surface area contributed by atoms with E-state index in [1.807, 2.05) is 12.1 Å². The number of para-hydroxylation sites is 2. The fourth-order valence-corrected chi connectivity index (χ4v) is 7.06. The molecule has 1 unspecified atom stereocenters. The summed E-state index contributed by atoms with van der Waals surface area (Å²) in [5.41, 5.74) is 2.03. The molecule has 2 saturated heterocycles. The topological polar surface area (TPSA) is 79.0 Å². The Morgan fingerprint density at radius 2 is 1.82 bits per heavy atom. The molecular formula is C27H26BrClFN3O4S. The van der Waals surface area contributed by atoms with E-state index in [0.717, 1.165) is 12.1 Å². The average molecular weight is 623 g/mol. The predicted molar refractivity (Wildman–Crippen MR) is 149 cm³/mol. The van der Waals surface area contributed by atoms with Gasteiger partial charge in [0.1, 0.15) is 10.7 Å². The number of benzene rings is 3. The van der Waals surface area contributed by atoms with E-state index in [-0.39, 0.29) is 27.4 Å². The number of carbonyl (C=O) groups is 1. The summed E-state index contributed by atoms with van der Waals surface area (Å²) in [5.74, 6) is -0.730. The van der Waals surface area contributed by atoms with E-state index in [0.29, 0.717) is 55.0 Å². The van der Waals surface area contributed by atoms with Crippen molar-refractivity contribution in [1.82, 2.24) is 4.90 Å². The highest BCUT2D eigenvalue weighted by Gasteiger charge is 2.32. The first-order valence-electron chi connectivity index (χ1n) is 12.2. The SMILES string of the molecule is O=C(c1ccc(Cl)c(S(=O)(=O)Nc2ccccc2N2CCOCC2)c1)N1CCCC1c1cc(F)cc(Br)c1. The number of ether oxygens (including phenoxy) is 1. The third-order valence-electron chi connectivity index (χ3n) is 6.75. The Labute approximate surface area is 234 Å². The number of rotatable bonds is 6. The van der Waals surface area contributed by atoms with Crippen molar-refractivity contribution >= 4 is 54.8 Å². The molecule has 0 aromatic heterocycles. The van der Waals surface area contributed by atoms with Crippen molar-refractivity contribution in [2.45, 2.75) is 23.8 Å². The number of anilines is 2. The highest BCUT2D eigenvalue weighted by atomic mass is 79.9. The summed E-state index contributed by atoms with van der Waals surface area (Å²) in [6.07, 6.45) is 1.43. The predicted octanol–water partition coefficient (Wildman–Crippen LogP) is 5.86. The van der Waals surface area contributed by atoms with Gasteiger partial charge in [-0.1, -0.05) is 39.7 Å². The van der Waals surface area contributed by atoms with E-state index in [2.05, 4.69) is 25.6 Å². The van der Waals surface area contributed by atoms with E-state index in [1.165, 1.54) is 30.3 Å². The van der Waals surface area contributed by atoms with E-state index >= 15 is 0 Å². The number of morpholine rings is 1. The second-order valence-corrected chi connectivity index (χ2v) is 12.2. The largest absolute Gasteiger partial charge is 0.378 e. The first-order valence-corrected chi connectivity index (χ1v) is 14.9. The molecule has 0 spiro atoms. The number of sulfonamides is 1. The Kier molecular flexibility index (Phi) is 7.95. The normalized spacial score (nSPS) is 18.0. The number of nitrogens with zero attached hydrogens (tertiary/aromatic N) is 2. The van der Waals surface area contributed by atoms with Crippen LogP contribution in [0.5, 0.6) is 0 Å². The number of amides is 1. The fraction of sp³-hybridized carbons (Fsp3) is 0.296. The summed E-state index contributed by atoms with van der Waals surface area (Å²) >= 11 is 9.66. The lowest BCUT2D eigenvalue weighted by Gasteiger charge is -2.30. The molecule has 2 fully saturated rings. The van der Waals surface area contributed by atoms with Gasteiger partial charge in [-0.25, -0.2) is 12.8 Å². The second kappa shape index (κ2) is 11.2. The Balaban J connectivity index is 1.43. The highest BCUT2D eigenvalue weighted by molar-refractivity contribution is 9.10. The molecule has 38 heavy (non-hydrogen) atoms. The number of carbonyl (C=O) groups excluding carboxylic acids is 1. The molecule has 3 aromatic rings. The summed E-state index contributed by atoms with van der Waals surface area (Å²) in [5, 5.41) is 0.00457. The maximum absolute atomic E-state index is 14.1. The van der Waals surface area contributed by atoms with E-state index < -0.39 is 15.8 Å². The summed E-state index contributed by atoms with van der Waals surface area (Å²) in [6, 6.07) is 15.7. The number of hydrogen-bond donors (Lipinski definition) is 1. The van der Waals surface area contributed by atoms with Crippen molar-refractivity contribution in [3.63, 3.8) is 0 Å². The lowest BCUT2D eigenvalue weighted by atomic mass is 10.0. The molecule has 0 aliphatic carbocycles. The van der Waals surface area contributed by atoms with Crippen LogP contribution in [-0.2, 0) is 14.8 Å². The lowest BCUT2D eigenvalue weighted by molar-refractivity contribution is 0.0735. The van der Waals surface area contributed by atoms with Gasteiger partial charge in [-0.3, -0.25) is 9.52 Å². The Morgan fingerprint density at radius 3 is 2.58 bits per heavy atom. The van der Waals surface area contributed by atoms with Gasteiger partial charge in [-0.2, -0.15) is 0 Å². The minimum absolute atomic E-state index is 0.00457. The van der Waals surface area contributed by atoms with Crippen molar-refractivity contribution < 1.29 is 22.3 Å². The maximum Gasteiger partial charge on any atom is 0.263 e. The third-order valence-corrected chi connectivity index (χ3v) is 9.06. The molecule has 0 saturated carbocycles. The van der Waals surface area contributed by atoms with Gasteiger partial charge in [0.05, 0.1) is 35.7 Å². The lowest BCUT2D eigenvalue weighted by Crippen LogP contribution is -2.36. The van der Waals surface area contributed by atoms with Gasteiger partial charge >= 0.3 is 0 Å². The van der Waals surface area contributed by atoms with Crippen molar-refractivity contribution in [3.8, 4) is 0 Å². The van der Waals surface area contributed by atoms with Gasteiger partial charge in [-0.05, 0) is 66.9 Å². The van der Waals surface area contributed by atoms with Crippen LogP contribution in [0.1, 0.15) is 34.8 Å². The van der Waals surface area contributed by atoms with Crippen LogP contribution >= 0.6 is 27.5 Å². The monoisotopic (exact) mass is 621 g/mol. The minimum Gasteiger partial charge on any atom is -0.378 e. The van der Waals surface area contributed by atoms with Crippen LogP contribution in [-0.4, -0.2) is 52.1 Å². The molecule has 5 rings (SSSR count). The molecule has 0 bridgehead atoms. The molecule has 11 heteroatoms. The van der Waals surface area contributed by atoms with Crippen LogP contribution in [0.15, 0.2) is 70.0 Å². The summed E-state index contributed by atoms with van der Waals surface area (Å²) in [6.45, 7) is 2.88. The zero-order chi connectivity index (χ0) is 26.9. The Morgan fingerprint density at radius 1 is 1.05 bits per heavy atom. The second-order valence-electron chi connectivity index (χ2n) is 9.23. The summed E-state index contributed by atoms with van der Waals surface area (Å²) < 4.78 is 49.7. The first-order chi connectivity index (χ1) is 18.2. The van der Waals surface area contributed by atoms with Crippen LogP contribution < -0.4 is 9.62 Å². The smallest absolute Gasteiger partial charge is 0.263 e. The van der Waals surface area contributed by atoms with E-state index in [9.17, 15) is 17.6 Å². The van der Waals surface area contributed by atoms with Gasteiger partial charge < -0.3 is 14.5 Å². The van der Waals surface area contributed by atoms with Crippen LogP contribution in [0.25, 0.3) is 0 Å². The molecular weight excluding hydrogens is 597 g/mol. The van der Waals surface area contributed by atoms with Gasteiger partial charge in [0, 0.05) is 29.7 Å². The molecule has 2 aliphatic heterocycles. The molecule has 200 valence electrons. The molecule has 2 heterocycles.